The van der Waals surface area contributed by atoms with Crippen molar-refractivity contribution in [2.45, 2.75) is 20.8 Å². The van der Waals surface area contributed by atoms with Crippen LogP contribution in [0.25, 0.3) is 0 Å². The molecule has 1 amide bonds. The third kappa shape index (κ3) is 3.09. The van der Waals surface area contributed by atoms with Crippen LogP contribution in [0.1, 0.15) is 26.5 Å². The van der Waals surface area contributed by atoms with Crippen LogP contribution in [0.15, 0.2) is 6.07 Å². The summed E-state index contributed by atoms with van der Waals surface area (Å²) in [5.41, 5.74) is 0.389. The molecule has 0 aliphatic rings. The molecule has 0 saturated carbocycles. The summed E-state index contributed by atoms with van der Waals surface area (Å²) < 4.78 is 0. The Labute approximate surface area is 105 Å². The number of hydrogen-bond acceptors (Lipinski definition) is 2. The van der Waals surface area contributed by atoms with Crippen molar-refractivity contribution in [3.63, 3.8) is 0 Å². The normalized spacial score (nSPS) is 11.4. The van der Waals surface area contributed by atoms with Crippen molar-refractivity contribution in [3.05, 3.63) is 28.9 Å². The predicted molar refractivity (Wildman–Crippen MR) is 66.8 cm³/mol. The highest BCUT2D eigenvalue weighted by atomic mass is 35.5. The van der Waals surface area contributed by atoms with Crippen LogP contribution < -0.4 is 5.32 Å². The zero-order valence-electron chi connectivity index (χ0n) is 9.40. The smallest absolute Gasteiger partial charge is 0.229 e. The van der Waals surface area contributed by atoms with Gasteiger partial charge in [-0.1, -0.05) is 44.0 Å². The molecule has 0 aliphatic carbocycles. The number of rotatable bonds is 1. The molecular formula is C11H13Cl2N2O. The average Bonchev–Trinajstić information content (AvgIpc) is 2.12. The van der Waals surface area contributed by atoms with Gasteiger partial charge in [-0.15, -0.1) is 0 Å². The minimum Gasteiger partial charge on any atom is -0.324 e. The number of carbonyl (C=O) groups excluding carboxylic acids is 1. The maximum absolute atomic E-state index is 11.7. The largest absolute Gasteiger partial charge is 0.324 e. The zero-order chi connectivity index (χ0) is 12.5. The van der Waals surface area contributed by atoms with Crippen LogP contribution in [0.5, 0.6) is 0 Å². The van der Waals surface area contributed by atoms with E-state index in [2.05, 4.69) is 17.2 Å². The Hall–Kier alpha value is -0.800. The fraction of sp³-hybridized carbons (Fsp3) is 0.364. The molecule has 0 spiro atoms. The fourth-order valence-electron chi connectivity index (χ4n) is 0.920. The van der Waals surface area contributed by atoms with Gasteiger partial charge in [0.05, 0.1) is 16.4 Å². The third-order valence-corrected chi connectivity index (χ3v) is 2.61. The van der Waals surface area contributed by atoms with Crippen LogP contribution in [0, 0.1) is 12.3 Å². The first-order valence-electron chi connectivity index (χ1n) is 4.71. The highest BCUT2D eigenvalue weighted by molar-refractivity contribution is 6.41. The predicted octanol–water partition coefficient (Wildman–Crippen LogP) is 3.56. The molecule has 1 aromatic rings. The van der Waals surface area contributed by atoms with Crippen LogP contribution >= 0.6 is 23.2 Å². The molecule has 87 valence electrons. The Morgan fingerprint density at radius 1 is 1.44 bits per heavy atom. The molecule has 0 aromatic carbocycles. The number of aromatic nitrogens is 1. The van der Waals surface area contributed by atoms with Gasteiger partial charge in [-0.2, -0.15) is 0 Å². The van der Waals surface area contributed by atoms with E-state index in [1.807, 2.05) is 20.8 Å². The molecule has 0 aliphatic heterocycles. The summed E-state index contributed by atoms with van der Waals surface area (Å²) in [7, 11) is 0. The molecular weight excluding hydrogens is 247 g/mol. The van der Waals surface area contributed by atoms with Crippen molar-refractivity contribution in [2.24, 2.45) is 5.41 Å². The van der Waals surface area contributed by atoms with Gasteiger partial charge >= 0.3 is 0 Å². The van der Waals surface area contributed by atoms with Gasteiger partial charge in [0, 0.05) is 5.41 Å². The Morgan fingerprint density at radius 3 is 2.50 bits per heavy atom. The van der Waals surface area contributed by atoms with E-state index in [9.17, 15) is 4.79 Å². The second kappa shape index (κ2) is 4.60. The minimum absolute atomic E-state index is 0.127. The van der Waals surface area contributed by atoms with Crippen molar-refractivity contribution in [2.75, 3.05) is 5.32 Å². The standard InChI is InChI=1S/C11H13Cl2N2O/c1-6-8(5-7(12)9(13)14-6)15-10(16)11(2,3)4/h5H,1H2,2-4H3,(H,15,16). The van der Waals surface area contributed by atoms with Crippen LogP contribution in [0.4, 0.5) is 5.69 Å². The van der Waals surface area contributed by atoms with Gasteiger partial charge in [0.25, 0.3) is 0 Å². The molecule has 1 heterocycles. The Kier molecular flexibility index (Phi) is 3.81. The second-order valence-electron chi connectivity index (χ2n) is 4.46. The van der Waals surface area contributed by atoms with Crippen LogP contribution in [0.3, 0.4) is 0 Å². The number of amides is 1. The number of nitrogens with one attached hydrogen (secondary N) is 1. The average molecular weight is 260 g/mol. The first-order valence-corrected chi connectivity index (χ1v) is 5.47. The van der Waals surface area contributed by atoms with E-state index in [-0.39, 0.29) is 11.1 Å². The van der Waals surface area contributed by atoms with E-state index in [0.29, 0.717) is 16.4 Å². The quantitative estimate of drug-likeness (QED) is 0.784. The molecule has 5 heteroatoms. The minimum atomic E-state index is -0.488. The monoisotopic (exact) mass is 259 g/mol. The van der Waals surface area contributed by atoms with Crippen LogP contribution in [-0.4, -0.2) is 10.9 Å². The molecule has 0 unspecified atom stereocenters. The third-order valence-electron chi connectivity index (χ3n) is 1.94. The molecule has 1 radical (unpaired) electrons. The molecule has 1 rings (SSSR count). The number of halogens is 2. The number of hydrogen-bond donors (Lipinski definition) is 1. The number of pyridine rings is 1. The van der Waals surface area contributed by atoms with Gasteiger partial charge in [-0.05, 0) is 13.0 Å². The summed E-state index contributed by atoms with van der Waals surface area (Å²) >= 11 is 11.5. The lowest BCUT2D eigenvalue weighted by atomic mass is 9.95. The molecule has 3 nitrogen and oxygen atoms in total. The number of carbonyl (C=O) groups is 1. The summed E-state index contributed by atoms with van der Waals surface area (Å²) in [6, 6.07) is 1.54. The van der Waals surface area contributed by atoms with Crippen LogP contribution in [-0.2, 0) is 4.79 Å². The first-order chi connectivity index (χ1) is 7.21. The first kappa shape index (κ1) is 13.3. The summed E-state index contributed by atoms with van der Waals surface area (Å²) in [6.07, 6.45) is 0. The maximum atomic E-state index is 11.7. The van der Waals surface area contributed by atoms with Gasteiger partial charge in [0.15, 0.2) is 0 Å². The molecule has 1 N–H and O–H groups in total. The van der Waals surface area contributed by atoms with Crippen molar-refractivity contribution >= 4 is 34.8 Å². The molecule has 0 fully saturated rings. The van der Waals surface area contributed by atoms with Gasteiger partial charge in [0.1, 0.15) is 5.15 Å². The van der Waals surface area contributed by atoms with Crippen LogP contribution in [0.2, 0.25) is 10.2 Å². The number of nitrogens with zero attached hydrogens (tertiary/aromatic N) is 1. The summed E-state index contributed by atoms with van der Waals surface area (Å²) in [6.45, 7) is 9.14. The molecule has 0 bridgehead atoms. The molecule has 0 saturated heterocycles. The Balaban J connectivity index is 2.99. The Morgan fingerprint density at radius 2 is 2.00 bits per heavy atom. The van der Waals surface area contributed by atoms with E-state index >= 15 is 0 Å². The summed E-state index contributed by atoms with van der Waals surface area (Å²) in [5, 5.41) is 3.18. The molecule has 16 heavy (non-hydrogen) atoms. The summed E-state index contributed by atoms with van der Waals surface area (Å²) in [5.74, 6) is -0.127. The van der Waals surface area contributed by atoms with Crippen molar-refractivity contribution < 1.29 is 4.79 Å². The van der Waals surface area contributed by atoms with Gasteiger partial charge < -0.3 is 5.32 Å². The summed E-state index contributed by atoms with van der Waals surface area (Å²) in [4.78, 5) is 15.7. The lowest BCUT2D eigenvalue weighted by Gasteiger charge is -2.18. The van der Waals surface area contributed by atoms with Crippen molar-refractivity contribution in [1.29, 1.82) is 0 Å². The topological polar surface area (TPSA) is 42.0 Å². The maximum Gasteiger partial charge on any atom is 0.229 e. The fourth-order valence-corrected chi connectivity index (χ4v) is 1.23. The van der Waals surface area contributed by atoms with E-state index < -0.39 is 5.41 Å². The van der Waals surface area contributed by atoms with E-state index in [4.69, 9.17) is 23.2 Å². The second-order valence-corrected chi connectivity index (χ2v) is 5.22. The SMILES string of the molecule is [CH2]c1nc(Cl)c(Cl)cc1NC(=O)C(C)(C)C. The highest BCUT2D eigenvalue weighted by Gasteiger charge is 2.22. The van der Waals surface area contributed by atoms with Gasteiger partial charge in [0.2, 0.25) is 5.91 Å². The zero-order valence-corrected chi connectivity index (χ0v) is 10.9. The lowest BCUT2D eigenvalue weighted by molar-refractivity contribution is -0.123. The van der Waals surface area contributed by atoms with E-state index in [0.717, 1.165) is 0 Å². The van der Waals surface area contributed by atoms with Gasteiger partial charge in [-0.25, -0.2) is 4.98 Å². The Bertz CT molecular complexity index is 425. The number of anilines is 1. The van der Waals surface area contributed by atoms with Crippen molar-refractivity contribution in [1.82, 2.24) is 4.98 Å². The molecule has 0 atom stereocenters. The van der Waals surface area contributed by atoms with Crippen molar-refractivity contribution in [3.8, 4) is 0 Å². The molecule has 1 aromatic heterocycles. The van der Waals surface area contributed by atoms with Gasteiger partial charge in [-0.3, -0.25) is 4.79 Å². The highest BCUT2D eigenvalue weighted by Crippen LogP contribution is 2.26. The van der Waals surface area contributed by atoms with E-state index in [1.54, 1.807) is 6.07 Å². The van der Waals surface area contributed by atoms with E-state index in [1.165, 1.54) is 0 Å². The lowest BCUT2D eigenvalue weighted by Crippen LogP contribution is -2.28.